The van der Waals surface area contributed by atoms with E-state index in [0.29, 0.717) is 22.3 Å². The highest BCUT2D eigenvalue weighted by Gasteiger charge is 2.11. The van der Waals surface area contributed by atoms with Crippen molar-refractivity contribution in [1.29, 1.82) is 5.26 Å². The van der Waals surface area contributed by atoms with Gasteiger partial charge in [-0.1, -0.05) is 22.9 Å². The van der Waals surface area contributed by atoms with Gasteiger partial charge in [0.05, 0.1) is 10.6 Å². The molecule has 4 nitrogen and oxygen atoms in total. The standard InChI is InChI=1S/C15H11N3OS2/c1-10-3-2-4-11(7-10)20-9-14-17-15(19-18-14)13-6-5-12(8-16)21-13/h2-7H,9H2,1H3. The molecule has 0 N–H and O–H groups in total. The van der Waals surface area contributed by atoms with E-state index in [-0.39, 0.29) is 0 Å². The van der Waals surface area contributed by atoms with Gasteiger partial charge in [0.15, 0.2) is 5.82 Å². The molecule has 104 valence electrons. The Kier molecular flexibility index (Phi) is 4.04. The van der Waals surface area contributed by atoms with Gasteiger partial charge in [-0.3, -0.25) is 0 Å². The molecular weight excluding hydrogens is 302 g/mol. The van der Waals surface area contributed by atoms with Gasteiger partial charge in [0.2, 0.25) is 0 Å². The van der Waals surface area contributed by atoms with Gasteiger partial charge in [-0.05, 0) is 31.2 Å². The van der Waals surface area contributed by atoms with Gasteiger partial charge >= 0.3 is 0 Å². The first-order valence-electron chi connectivity index (χ1n) is 6.27. The summed E-state index contributed by atoms with van der Waals surface area (Å²) in [5.41, 5.74) is 1.23. The molecule has 0 fully saturated rings. The van der Waals surface area contributed by atoms with E-state index in [4.69, 9.17) is 9.78 Å². The van der Waals surface area contributed by atoms with E-state index in [9.17, 15) is 0 Å². The number of nitrogens with zero attached hydrogens (tertiary/aromatic N) is 3. The lowest BCUT2D eigenvalue weighted by atomic mass is 10.2. The Morgan fingerprint density at radius 1 is 1.33 bits per heavy atom. The van der Waals surface area contributed by atoms with Crippen LogP contribution in [0.4, 0.5) is 0 Å². The minimum atomic E-state index is 0.473. The molecule has 0 aliphatic carbocycles. The summed E-state index contributed by atoms with van der Waals surface area (Å²) in [5, 5.41) is 12.8. The predicted molar refractivity (Wildman–Crippen MR) is 83.1 cm³/mol. The summed E-state index contributed by atoms with van der Waals surface area (Å²) in [6.07, 6.45) is 0. The van der Waals surface area contributed by atoms with E-state index in [0.717, 1.165) is 4.88 Å². The Balaban J connectivity index is 1.69. The quantitative estimate of drug-likeness (QED) is 0.673. The second-order valence-corrected chi connectivity index (χ2v) is 6.53. The number of rotatable bonds is 4. The minimum Gasteiger partial charge on any atom is -0.333 e. The van der Waals surface area contributed by atoms with Gasteiger partial charge in [-0.2, -0.15) is 10.2 Å². The van der Waals surface area contributed by atoms with Crippen LogP contribution in [0.25, 0.3) is 10.8 Å². The Labute approximate surface area is 130 Å². The molecule has 0 atom stereocenters. The lowest BCUT2D eigenvalue weighted by Gasteiger charge is -1.99. The Bertz CT molecular complexity index is 801. The van der Waals surface area contributed by atoms with E-state index in [1.807, 2.05) is 12.1 Å². The van der Waals surface area contributed by atoms with E-state index < -0.39 is 0 Å². The van der Waals surface area contributed by atoms with Crippen molar-refractivity contribution in [2.24, 2.45) is 0 Å². The summed E-state index contributed by atoms with van der Waals surface area (Å²) in [7, 11) is 0. The molecule has 0 amide bonds. The van der Waals surface area contributed by atoms with Crippen molar-refractivity contribution in [2.45, 2.75) is 17.6 Å². The molecule has 0 aliphatic heterocycles. The van der Waals surface area contributed by atoms with Crippen LogP contribution in [0.15, 0.2) is 45.8 Å². The van der Waals surface area contributed by atoms with Gasteiger partial charge in [0.25, 0.3) is 5.89 Å². The maximum absolute atomic E-state index is 8.83. The van der Waals surface area contributed by atoms with Gasteiger partial charge in [0, 0.05) is 4.90 Å². The van der Waals surface area contributed by atoms with Crippen molar-refractivity contribution in [3.63, 3.8) is 0 Å². The van der Waals surface area contributed by atoms with Gasteiger partial charge < -0.3 is 4.52 Å². The Morgan fingerprint density at radius 3 is 3.00 bits per heavy atom. The summed E-state index contributed by atoms with van der Waals surface area (Å²) in [4.78, 5) is 7.02. The van der Waals surface area contributed by atoms with Gasteiger partial charge in [-0.25, -0.2) is 0 Å². The first-order valence-corrected chi connectivity index (χ1v) is 8.07. The van der Waals surface area contributed by atoms with Gasteiger partial charge in [-0.15, -0.1) is 23.1 Å². The number of aryl methyl sites for hydroxylation is 1. The molecule has 6 heteroatoms. The lowest BCUT2D eigenvalue weighted by molar-refractivity contribution is 0.426. The molecular formula is C15H11N3OS2. The average molecular weight is 313 g/mol. The number of benzene rings is 1. The van der Waals surface area contributed by atoms with Crippen LogP contribution in [0.2, 0.25) is 0 Å². The lowest BCUT2D eigenvalue weighted by Crippen LogP contribution is -1.84. The largest absolute Gasteiger partial charge is 0.333 e. The highest BCUT2D eigenvalue weighted by Crippen LogP contribution is 2.28. The van der Waals surface area contributed by atoms with Crippen LogP contribution in [-0.2, 0) is 5.75 Å². The second kappa shape index (κ2) is 6.12. The number of aromatic nitrogens is 2. The SMILES string of the molecule is Cc1cccc(SCc2noc(-c3ccc(C#N)s3)n2)c1. The molecule has 3 aromatic rings. The first-order chi connectivity index (χ1) is 10.2. The maximum Gasteiger partial charge on any atom is 0.268 e. The van der Waals surface area contributed by atoms with Gasteiger partial charge in [0.1, 0.15) is 10.9 Å². The van der Waals surface area contributed by atoms with Crippen molar-refractivity contribution in [3.8, 4) is 16.8 Å². The third-order valence-corrected chi connectivity index (χ3v) is 4.72. The summed E-state index contributed by atoms with van der Waals surface area (Å²) < 4.78 is 5.25. The monoisotopic (exact) mass is 313 g/mol. The normalized spacial score (nSPS) is 10.5. The molecule has 2 aromatic heterocycles. The second-order valence-electron chi connectivity index (χ2n) is 4.40. The van der Waals surface area contributed by atoms with Crippen LogP contribution in [0, 0.1) is 18.3 Å². The van der Waals surface area contributed by atoms with Crippen LogP contribution in [0.5, 0.6) is 0 Å². The predicted octanol–water partition coefficient (Wildman–Crippen LogP) is 4.27. The molecule has 3 rings (SSSR count). The number of thiophene rings is 1. The van der Waals surface area contributed by atoms with Crippen molar-refractivity contribution < 1.29 is 4.52 Å². The summed E-state index contributed by atoms with van der Waals surface area (Å²) in [6.45, 7) is 2.07. The highest BCUT2D eigenvalue weighted by atomic mass is 32.2. The Morgan fingerprint density at radius 2 is 2.24 bits per heavy atom. The van der Waals surface area contributed by atoms with Crippen molar-refractivity contribution in [3.05, 3.63) is 52.7 Å². The van der Waals surface area contributed by atoms with E-state index in [1.165, 1.54) is 21.8 Å². The zero-order chi connectivity index (χ0) is 14.7. The fraction of sp³-hybridized carbons (Fsp3) is 0.133. The maximum atomic E-state index is 8.83. The summed E-state index contributed by atoms with van der Waals surface area (Å²) in [5.74, 6) is 1.79. The topological polar surface area (TPSA) is 62.7 Å². The molecule has 0 saturated heterocycles. The molecule has 2 heterocycles. The average Bonchev–Trinajstić information content (AvgIpc) is 3.14. The van der Waals surface area contributed by atoms with Crippen molar-refractivity contribution in [2.75, 3.05) is 0 Å². The minimum absolute atomic E-state index is 0.473. The van der Waals surface area contributed by atoms with E-state index in [2.05, 4.69) is 41.3 Å². The van der Waals surface area contributed by atoms with Crippen molar-refractivity contribution >= 4 is 23.1 Å². The van der Waals surface area contributed by atoms with Crippen LogP contribution >= 0.6 is 23.1 Å². The number of hydrogen-bond acceptors (Lipinski definition) is 6. The molecule has 0 unspecified atom stereocenters. The number of nitriles is 1. The molecule has 0 radical (unpaired) electrons. The molecule has 0 bridgehead atoms. The molecule has 21 heavy (non-hydrogen) atoms. The van der Waals surface area contributed by atoms with Crippen molar-refractivity contribution in [1.82, 2.24) is 10.1 Å². The number of hydrogen-bond donors (Lipinski definition) is 0. The zero-order valence-corrected chi connectivity index (χ0v) is 12.9. The summed E-state index contributed by atoms with van der Waals surface area (Å²) >= 11 is 3.02. The Hall–Kier alpha value is -2.10. The van der Waals surface area contributed by atoms with Crippen LogP contribution in [0.3, 0.4) is 0 Å². The van der Waals surface area contributed by atoms with E-state index in [1.54, 1.807) is 17.8 Å². The molecule has 1 aromatic carbocycles. The third-order valence-electron chi connectivity index (χ3n) is 2.75. The molecule has 0 spiro atoms. The van der Waals surface area contributed by atoms with Crippen LogP contribution < -0.4 is 0 Å². The molecule has 0 aliphatic rings. The van der Waals surface area contributed by atoms with E-state index >= 15 is 0 Å². The number of thioether (sulfide) groups is 1. The fourth-order valence-corrected chi connectivity index (χ4v) is 3.36. The summed E-state index contributed by atoms with van der Waals surface area (Å²) in [6, 6.07) is 14.0. The third kappa shape index (κ3) is 3.32. The van der Waals surface area contributed by atoms with Crippen LogP contribution in [-0.4, -0.2) is 10.1 Å². The van der Waals surface area contributed by atoms with Crippen LogP contribution in [0.1, 0.15) is 16.3 Å². The zero-order valence-electron chi connectivity index (χ0n) is 11.2. The first kappa shape index (κ1) is 13.9. The fourth-order valence-electron chi connectivity index (χ4n) is 1.78. The molecule has 0 saturated carbocycles. The highest BCUT2D eigenvalue weighted by molar-refractivity contribution is 7.98. The smallest absolute Gasteiger partial charge is 0.268 e.